The van der Waals surface area contributed by atoms with Gasteiger partial charge in [0.15, 0.2) is 0 Å². The predicted molar refractivity (Wildman–Crippen MR) is 253 cm³/mol. The number of aromatic nitrogens is 3. The van der Waals surface area contributed by atoms with E-state index in [-0.39, 0.29) is 0 Å². The van der Waals surface area contributed by atoms with E-state index in [1.807, 2.05) is 0 Å². The fraction of sp³-hybridized carbons (Fsp3) is 0.105. The number of rotatable bonds is 4. The molecule has 0 unspecified atom stereocenters. The van der Waals surface area contributed by atoms with Crippen LogP contribution >= 0.6 is 0 Å². The van der Waals surface area contributed by atoms with Crippen LogP contribution in [0.15, 0.2) is 158 Å². The number of fused-ring (bicyclic) bond motifs is 14. The number of hydrogen-bond donors (Lipinski definition) is 0. The van der Waals surface area contributed by atoms with Gasteiger partial charge in [-0.25, -0.2) is 4.98 Å². The highest BCUT2D eigenvalue weighted by Crippen LogP contribution is 2.45. The third-order valence-corrected chi connectivity index (χ3v) is 13.4. The Labute approximate surface area is 348 Å². The van der Waals surface area contributed by atoms with E-state index in [2.05, 4.69) is 185 Å². The Hall–Kier alpha value is -7.23. The smallest absolute Gasteiger partial charge is 0.0794 e. The Bertz CT molecular complexity index is 3490. The molecule has 3 aliphatic rings. The normalized spacial score (nSPS) is 14.4. The van der Waals surface area contributed by atoms with Crippen LogP contribution in [0.25, 0.3) is 106 Å². The molecule has 7 aromatic carbocycles. The van der Waals surface area contributed by atoms with Gasteiger partial charge >= 0.3 is 0 Å². The van der Waals surface area contributed by atoms with Gasteiger partial charge in [0, 0.05) is 55.3 Å². The maximum atomic E-state index is 5.54. The number of benzene rings is 7. The van der Waals surface area contributed by atoms with Crippen molar-refractivity contribution in [3.63, 3.8) is 0 Å². The SMILES string of the molecule is C1=Cc2c(c3c(n2-c2cc(-c4cccc(-c5nc6ccccc6c6c7c(c8ccccc8c56)CCC=C7)c4)cc(-n4c5ccccc5c5ccccc54)c2)CCC=C3)CC1. The van der Waals surface area contributed by atoms with Crippen LogP contribution in [0.5, 0.6) is 0 Å². The summed E-state index contributed by atoms with van der Waals surface area (Å²) in [5, 5.41) is 8.91. The number of para-hydroxylation sites is 3. The van der Waals surface area contributed by atoms with E-state index in [4.69, 9.17) is 4.98 Å². The summed E-state index contributed by atoms with van der Waals surface area (Å²) in [7, 11) is 0. The fourth-order valence-electron chi connectivity index (χ4n) is 10.9. The van der Waals surface area contributed by atoms with Crippen LogP contribution in [-0.4, -0.2) is 14.1 Å². The Balaban J connectivity index is 1.10. The molecule has 10 aromatic rings. The number of pyridine rings is 1. The summed E-state index contributed by atoms with van der Waals surface area (Å²) in [5.74, 6) is 0. The maximum absolute atomic E-state index is 5.54. The minimum Gasteiger partial charge on any atom is -0.313 e. The van der Waals surface area contributed by atoms with Crippen LogP contribution in [-0.2, 0) is 19.3 Å². The average Bonchev–Trinajstić information content (AvgIpc) is 3.84. The molecular formula is C57H41N3. The minimum atomic E-state index is 1.03. The monoisotopic (exact) mass is 767 g/mol. The first kappa shape index (κ1) is 33.7. The highest BCUT2D eigenvalue weighted by molar-refractivity contribution is 6.25. The molecule has 3 aliphatic carbocycles. The van der Waals surface area contributed by atoms with Crippen molar-refractivity contribution in [3.8, 4) is 33.8 Å². The van der Waals surface area contributed by atoms with E-state index in [0.717, 1.165) is 61.0 Å². The molecule has 3 aromatic heterocycles. The molecule has 0 radical (unpaired) electrons. The molecule has 13 rings (SSSR count). The van der Waals surface area contributed by atoms with E-state index in [0.29, 0.717) is 0 Å². The first-order chi connectivity index (χ1) is 29.8. The standard InChI is InChI=1S/C57H41N3/c1-3-24-47-41(18-1)42-19-2-4-25-48(42)56-55(47)49-26-5-10-27-50(49)58-57(56)37-17-15-16-36(32-37)38-33-39(59-51-28-11-6-20-43(51)44-21-7-12-29-52(44)59)35-40(34-38)60-53-30-13-8-22-45(53)46-23-9-14-31-54(46)60/h2-8,10-12,14-17,19-22,24-29,31-35H,1,9,13,18,23,30H2. The van der Waals surface area contributed by atoms with Gasteiger partial charge in [-0.3, -0.25) is 0 Å². The highest BCUT2D eigenvalue weighted by Gasteiger charge is 2.26. The molecule has 3 nitrogen and oxygen atoms in total. The van der Waals surface area contributed by atoms with Crippen molar-refractivity contribution in [1.82, 2.24) is 14.1 Å². The first-order valence-electron chi connectivity index (χ1n) is 21.6. The molecular weight excluding hydrogens is 727 g/mol. The van der Waals surface area contributed by atoms with E-state index in [1.165, 1.54) is 99.2 Å². The van der Waals surface area contributed by atoms with Gasteiger partial charge in [-0.2, -0.15) is 0 Å². The Kier molecular flexibility index (Phi) is 7.38. The molecule has 0 aliphatic heterocycles. The topological polar surface area (TPSA) is 22.8 Å². The van der Waals surface area contributed by atoms with E-state index in [9.17, 15) is 0 Å². The van der Waals surface area contributed by atoms with Crippen LogP contribution in [0.2, 0.25) is 0 Å². The summed E-state index contributed by atoms with van der Waals surface area (Å²) in [5.41, 5.74) is 18.8. The summed E-state index contributed by atoms with van der Waals surface area (Å²) >= 11 is 0. The predicted octanol–water partition coefficient (Wildman–Crippen LogP) is 14.6. The average molecular weight is 768 g/mol. The number of aryl methyl sites for hydroxylation is 1. The summed E-state index contributed by atoms with van der Waals surface area (Å²) < 4.78 is 5.05. The number of hydrogen-bond acceptors (Lipinski definition) is 1. The van der Waals surface area contributed by atoms with Crippen molar-refractivity contribution in [2.24, 2.45) is 0 Å². The minimum absolute atomic E-state index is 1.03. The lowest BCUT2D eigenvalue weighted by Gasteiger charge is -2.21. The van der Waals surface area contributed by atoms with Gasteiger partial charge in [0.05, 0.1) is 22.2 Å². The van der Waals surface area contributed by atoms with Gasteiger partial charge in [0.25, 0.3) is 0 Å². The van der Waals surface area contributed by atoms with Gasteiger partial charge in [0.2, 0.25) is 0 Å². The van der Waals surface area contributed by atoms with Crippen molar-refractivity contribution >= 4 is 72.5 Å². The molecule has 3 heterocycles. The van der Waals surface area contributed by atoms with Crippen LogP contribution in [0.3, 0.4) is 0 Å². The van der Waals surface area contributed by atoms with Crippen LogP contribution in [0, 0.1) is 0 Å². The van der Waals surface area contributed by atoms with E-state index < -0.39 is 0 Å². The van der Waals surface area contributed by atoms with Crippen LogP contribution < -0.4 is 0 Å². The molecule has 0 atom stereocenters. The zero-order valence-electron chi connectivity index (χ0n) is 33.3. The molecule has 0 spiro atoms. The lowest BCUT2D eigenvalue weighted by molar-refractivity contribution is 0.867. The van der Waals surface area contributed by atoms with Crippen molar-refractivity contribution < 1.29 is 0 Å². The van der Waals surface area contributed by atoms with Gasteiger partial charge in [-0.05, 0) is 131 Å². The molecule has 284 valence electrons. The number of nitrogens with zero attached hydrogens (tertiary/aromatic N) is 3. The van der Waals surface area contributed by atoms with Gasteiger partial charge in [0.1, 0.15) is 0 Å². The Morgan fingerprint density at radius 1 is 0.417 bits per heavy atom. The second kappa shape index (κ2) is 13.1. The zero-order chi connectivity index (χ0) is 39.3. The molecule has 0 bridgehead atoms. The third kappa shape index (κ3) is 4.93. The van der Waals surface area contributed by atoms with Gasteiger partial charge in [-0.15, -0.1) is 0 Å². The summed E-state index contributed by atoms with van der Waals surface area (Å²) in [4.78, 5) is 5.54. The summed E-state index contributed by atoms with van der Waals surface area (Å²) in [6, 6.07) is 51.8. The van der Waals surface area contributed by atoms with Crippen molar-refractivity contribution in [3.05, 3.63) is 191 Å². The van der Waals surface area contributed by atoms with Crippen molar-refractivity contribution in [2.45, 2.75) is 38.5 Å². The molecule has 0 saturated carbocycles. The molecule has 0 amide bonds. The van der Waals surface area contributed by atoms with Crippen molar-refractivity contribution in [2.75, 3.05) is 0 Å². The number of allylic oxidation sites excluding steroid dienone is 3. The van der Waals surface area contributed by atoms with Crippen LogP contribution in [0.4, 0.5) is 0 Å². The Morgan fingerprint density at radius 2 is 1.03 bits per heavy atom. The van der Waals surface area contributed by atoms with Crippen molar-refractivity contribution in [1.29, 1.82) is 0 Å². The Morgan fingerprint density at radius 3 is 1.83 bits per heavy atom. The molecule has 3 heteroatoms. The van der Waals surface area contributed by atoms with Crippen LogP contribution in [0.1, 0.15) is 52.9 Å². The first-order valence-corrected chi connectivity index (χ1v) is 21.6. The van der Waals surface area contributed by atoms with E-state index in [1.54, 1.807) is 0 Å². The molecule has 0 fully saturated rings. The maximum Gasteiger partial charge on any atom is 0.0794 e. The molecule has 60 heavy (non-hydrogen) atoms. The fourth-order valence-corrected chi connectivity index (χ4v) is 10.9. The summed E-state index contributed by atoms with van der Waals surface area (Å²) in [6.45, 7) is 0. The highest BCUT2D eigenvalue weighted by atomic mass is 15.0. The molecule has 0 saturated heterocycles. The van der Waals surface area contributed by atoms with Gasteiger partial charge < -0.3 is 9.13 Å². The molecule has 0 N–H and O–H groups in total. The third-order valence-electron chi connectivity index (χ3n) is 13.4. The van der Waals surface area contributed by atoms with E-state index >= 15 is 0 Å². The zero-order valence-corrected chi connectivity index (χ0v) is 33.3. The van der Waals surface area contributed by atoms with Gasteiger partial charge in [-0.1, -0.05) is 127 Å². The lowest BCUT2D eigenvalue weighted by Crippen LogP contribution is -2.07. The lowest BCUT2D eigenvalue weighted by atomic mass is 9.84. The second-order valence-corrected chi connectivity index (χ2v) is 16.7. The second-order valence-electron chi connectivity index (χ2n) is 16.7. The largest absolute Gasteiger partial charge is 0.313 e. The summed E-state index contributed by atoms with van der Waals surface area (Å²) in [6.07, 6.45) is 20.5. The quantitative estimate of drug-likeness (QED) is 0.164.